The minimum atomic E-state index is -0.149. The van der Waals surface area contributed by atoms with Gasteiger partial charge in [0.2, 0.25) is 0 Å². The number of fused-ring (bicyclic) bond motifs is 3. The number of benzene rings is 3. The molecule has 0 fully saturated rings. The smallest absolute Gasteiger partial charge is 0.275 e. The molecular weight excluding hydrogens is 470 g/mol. The van der Waals surface area contributed by atoms with Gasteiger partial charge < -0.3 is 5.73 Å². The number of hydrogen-bond donors (Lipinski definition) is 1. The first-order valence-electron chi connectivity index (χ1n) is 10.3. The summed E-state index contributed by atoms with van der Waals surface area (Å²) in [7, 11) is 0. The van der Waals surface area contributed by atoms with E-state index in [0.29, 0.717) is 15.6 Å². The highest BCUT2D eigenvalue weighted by molar-refractivity contribution is 7.99. The highest BCUT2D eigenvalue weighted by Crippen LogP contribution is 2.49. The van der Waals surface area contributed by atoms with Crippen molar-refractivity contribution in [3.05, 3.63) is 94.8 Å². The quantitative estimate of drug-likeness (QED) is 0.279. The van der Waals surface area contributed by atoms with Gasteiger partial charge in [-0.1, -0.05) is 59.8 Å². The third-order valence-electron chi connectivity index (χ3n) is 5.56. The topological polar surface area (TPSA) is 59.2 Å². The van der Waals surface area contributed by atoms with Gasteiger partial charge in [0.1, 0.15) is 9.71 Å². The average Bonchev–Trinajstić information content (AvgIpc) is 3.18. The summed E-state index contributed by atoms with van der Waals surface area (Å²) in [6.45, 7) is 0. The number of carbonyl (C=O) groups excluding carboxylic acids is 1. The lowest BCUT2D eigenvalue weighted by Gasteiger charge is -2.30. The second kappa shape index (κ2) is 7.92. The predicted molar refractivity (Wildman–Crippen MR) is 138 cm³/mol. The summed E-state index contributed by atoms with van der Waals surface area (Å²) in [6.07, 6.45) is 0. The second-order valence-corrected chi connectivity index (χ2v) is 10.1. The molecule has 2 aromatic heterocycles. The van der Waals surface area contributed by atoms with Crippen molar-refractivity contribution in [3.63, 3.8) is 0 Å². The minimum Gasteiger partial charge on any atom is -0.397 e. The number of rotatable bonds is 2. The molecule has 0 radical (unpaired) electrons. The molecule has 0 spiro atoms. The van der Waals surface area contributed by atoms with Crippen molar-refractivity contribution in [2.24, 2.45) is 0 Å². The fourth-order valence-electron chi connectivity index (χ4n) is 3.96. The molecule has 3 heterocycles. The Bertz CT molecular complexity index is 1500. The summed E-state index contributed by atoms with van der Waals surface area (Å²) >= 11 is 9.01. The molecule has 1 amide bonds. The normalized spacial score (nSPS) is 12.5. The van der Waals surface area contributed by atoms with Crippen molar-refractivity contribution in [1.82, 2.24) is 4.98 Å². The number of para-hydroxylation sites is 2. The van der Waals surface area contributed by atoms with Gasteiger partial charge in [0, 0.05) is 25.8 Å². The van der Waals surface area contributed by atoms with E-state index in [1.165, 1.54) is 11.3 Å². The van der Waals surface area contributed by atoms with Crippen LogP contribution in [0.4, 0.5) is 17.1 Å². The summed E-state index contributed by atoms with van der Waals surface area (Å²) in [6, 6.07) is 27.3. The number of aromatic nitrogens is 1. The Hall–Kier alpha value is -3.32. The first kappa shape index (κ1) is 20.3. The molecule has 160 valence electrons. The Morgan fingerprint density at radius 1 is 0.848 bits per heavy atom. The van der Waals surface area contributed by atoms with Crippen LogP contribution in [0.2, 0.25) is 5.02 Å². The molecule has 6 rings (SSSR count). The molecule has 1 aliphatic heterocycles. The van der Waals surface area contributed by atoms with E-state index in [4.69, 9.17) is 22.3 Å². The fourth-order valence-corrected chi connectivity index (χ4v) is 6.17. The molecule has 4 nitrogen and oxygen atoms in total. The number of nitrogen functional groups attached to an aromatic ring is 1. The number of halogens is 1. The molecule has 33 heavy (non-hydrogen) atoms. The summed E-state index contributed by atoms with van der Waals surface area (Å²) in [5.74, 6) is -0.149. The zero-order valence-electron chi connectivity index (χ0n) is 17.2. The Morgan fingerprint density at radius 2 is 1.48 bits per heavy atom. The van der Waals surface area contributed by atoms with Crippen molar-refractivity contribution in [2.75, 3.05) is 10.6 Å². The van der Waals surface area contributed by atoms with E-state index in [1.54, 1.807) is 16.7 Å². The van der Waals surface area contributed by atoms with Gasteiger partial charge in [-0.05, 0) is 48.5 Å². The zero-order chi connectivity index (χ0) is 22.5. The Labute approximate surface area is 203 Å². The molecule has 0 atom stereocenters. The third kappa shape index (κ3) is 3.38. The maximum absolute atomic E-state index is 13.9. The largest absolute Gasteiger partial charge is 0.397 e. The predicted octanol–water partition coefficient (Wildman–Crippen LogP) is 7.64. The van der Waals surface area contributed by atoms with E-state index in [1.807, 2.05) is 84.9 Å². The van der Waals surface area contributed by atoms with E-state index in [0.717, 1.165) is 42.6 Å². The van der Waals surface area contributed by atoms with Gasteiger partial charge in [0.05, 0.1) is 22.8 Å². The molecule has 0 unspecified atom stereocenters. The monoisotopic (exact) mass is 485 g/mol. The number of pyridine rings is 1. The highest BCUT2D eigenvalue weighted by Gasteiger charge is 2.31. The van der Waals surface area contributed by atoms with Crippen molar-refractivity contribution in [2.45, 2.75) is 9.79 Å². The molecule has 0 saturated carbocycles. The van der Waals surface area contributed by atoms with Crippen LogP contribution < -0.4 is 10.6 Å². The van der Waals surface area contributed by atoms with Gasteiger partial charge >= 0.3 is 0 Å². The van der Waals surface area contributed by atoms with Gasteiger partial charge in [-0.25, -0.2) is 4.98 Å². The average molecular weight is 486 g/mol. The Morgan fingerprint density at radius 3 is 2.15 bits per heavy atom. The van der Waals surface area contributed by atoms with Crippen LogP contribution in [0.1, 0.15) is 9.67 Å². The highest BCUT2D eigenvalue weighted by atomic mass is 35.5. The molecule has 2 N–H and O–H groups in total. The molecule has 0 aliphatic carbocycles. The van der Waals surface area contributed by atoms with Gasteiger partial charge in [0.25, 0.3) is 5.91 Å². The number of nitrogens with zero attached hydrogens (tertiary/aromatic N) is 2. The lowest BCUT2D eigenvalue weighted by Crippen LogP contribution is -2.28. The van der Waals surface area contributed by atoms with E-state index in [9.17, 15) is 4.79 Å². The van der Waals surface area contributed by atoms with Crippen molar-refractivity contribution in [3.8, 4) is 11.3 Å². The Balaban J connectivity index is 1.47. The van der Waals surface area contributed by atoms with Gasteiger partial charge in [-0.15, -0.1) is 11.3 Å². The van der Waals surface area contributed by atoms with E-state index in [-0.39, 0.29) is 5.91 Å². The van der Waals surface area contributed by atoms with Gasteiger partial charge in [-0.3, -0.25) is 9.69 Å². The number of hydrogen-bond acceptors (Lipinski definition) is 5. The first-order chi connectivity index (χ1) is 16.1. The molecule has 1 aliphatic rings. The fraction of sp³-hybridized carbons (Fsp3) is 0. The zero-order valence-corrected chi connectivity index (χ0v) is 19.5. The molecule has 5 aromatic rings. The third-order valence-corrected chi connectivity index (χ3v) is 8.05. The molecular formula is C26H16ClN3OS2. The lowest BCUT2D eigenvalue weighted by molar-refractivity contribution is 0.100. The van der Waals surface area contributed by atoms with Crippen LogP contribution in [-0.2, 0) is 0 Å². The van der Waals surface area contributed by atoms with Crippen LogP contribution >= 0.6 is 34.7 Å². The standard InChI is InChI=1S/C26H16ClN3OS2/c27-16-11-9-15(10-12-16)18-14-13-17-23(28)24(33-25(17)29-18)26(31)30-19-5-1-3-7-21(19)32-22-8-4-2-6-20(22)30/h1-14H,28H2. The lowest BCUT2D eigenvalue weighted by atomic mass is 10.1. The maximum Gasteiger partial charge on any atom is 0.275 e. The second-order valence-electron chi connectivity index (χ2n) is 7.58. The summed E-state index contributed by atoms with van der Waals surface area (Å²) < 4.78 is 0. The maximum atomic E-state index is 13.9. The van der Waals surface area contributed by atoms with Crippen LogP contribution in [0.25, 0.3) is 21.5 Å². The van der Waals surface area contributed by atoms with Crippen LogP contribution in [0.3, 0.4) is 0 Å². The number of thiophene rings is 1. The van der Waals surface area contributed by atoms with E-state index < -0.39 is 0 Å². The molecule has 0 bridgehead atoms. The van der Waals surface area contributed by atoms with Crippen molar-refractivity contribution in [1.29, 1.82) is 0 Å². The molecule has 3 aromatic carbocycles. The Kier molecular flexibility index (Phi) is 4.87. The number of carbonyl (C=O) groups is 1. The number of amides is 1. The van der Waals surface area contributed by atoms with Crippen LogP contribution in [-0.4, -0.2) is 10.9 Å². The van der Waals surface area contributed by atoms with Crippen LogP contribution in [0, 0.1) is 0 Å². The summed E-state index contributed by atoms with van der Waals surface area (Å²) in [5, 5.41) is 1.46. The molecule has 7 heteroatoms. The number of anilines is 3. The summed E-state index contributed by atoms with van der Waals surface area (Å²) in [4.78, 5) is 23.8. The van der Waals surface area contributed by atoms with Crippen molar-refractivity contribution >= 4 is 67.9 Å². The molecule has 0 saturated heterocycles. The van der Waals surface area contributed by atoms with Gasteiger partial charge in [0.15, 0.2) is 0 Å². The SMILES string of the molecule is Nc1c(C(=O)N2c3ccccc3Sc3ccccc32)sc2nc(-c3ccc(Cl)cc3)ccc12. The number of nitrogens with two attached hydrogens (primary N) is 1. The van der Waals surface area contributed by atoms with Crippen LogP contribution in [0.5, 0.6) is 0 Å². The van der Waals surface area contributed by atoms with E-state index in [2.05, 4.69) is 0 Å². The first-order valence-corrected chi connectivity index (χ1v) is 12.3. The minimum absolute atomic E-state index is 0.149. The van der Waals surface area contributed by atoms with Crippen LogP contribution in [0.15, 0.2) is 94.7 Å². The summed E-state index contributed by atoms with van der Waals surface area (Å²) in [5.41, 5.74) is 10.4. The van der Waals surface area contributed by atoms with E-state index >= 15 is 0 Å². The van der Waals surface area contributed by atoms with Gasteiger partial charge in [-0.2, -0.15) is 0 Å². The van der Waals surface area contributed by atoms with Crippen molar-refractivity contribution < 1.29 is 4.79 Å².